The van der Waals surface area contributed by atoms with Crippen LogP contribution in [0.3, 0.4) is 0 Å². The number of hydrogen-bond acceptors (Lipinski definition) is 3. The third-order valence-corrected chi connectivity index (χ3v) is 4.26. The van der Waals surface area contributed by atoms with Crippen LogP contribution in [0, 0.1) is 5.82 Å². The van der Waals surface area contributed by atoms with E-state index in [-0.39, 0.29) is 18.3 Å². The van der Waals surface area contributed by atoms with Crippen molar-refractivity contribution >= 4 is 16.9 Å². The summed E-state index contributed by atoms with van der Waals surface area (Å²) in [6, 6.07) is 6.62. The van der Waals surface area contributed by atoms with Crippen LogP contribution in [0.25, 0.3) is 22.3 Å². The highest BCUT2D eigenvalue weighted by Gasteiger charge is 2.26. The molecule has 0 spiro atoms. The maximum Gasteiger partial charge on any atom is 0.325 e. The van der Waals surface area contributed by atoms with E-state index < -0.39 is 0 Å². The fourth-order valence-corrected chi connectivity index (χ4v) is 3.37. The number of esters is 1. The standard InChI is InChI=1S/C17H16FN3O2/c1-2-23-16(22)10-20-14-4-3-11(18)9-13(14)12-6-8-21-15(17(12)20)5-7-19-21/h3-5,7,9H,2,6,8,10H2,1H3. The van der Waals surface area contributed by atoms with Gasteiger partial charge in [0.2, 0.25) is 0 Å². The first-order chi connectivity index (χ1) is 11.2. The molecule has 0 bridgehead atoms. The number of carbonyl (C=O) groups excluding carboxylic acids is 1. The average molecular weight is 313 g/mol. The lowest BCUT2D eigenvalue weighted by Gasteiger charge is -2.17. The number of benzene rings is 1. The normalized spacial score (nSPS) is 13.0. The number of aromatic nitrogens is 3. The summed E-state index contributed by atoms with van der Waals surface area (Å²) < 4.78 is 22.6. The zero-order valence-electron chi connectivity index (χ0n) is 12.8. The Morgan fingerprint density at radius 2 is 2.26 bits per heavy atom. The fraction of sp³-hybridized carbons (Fsp3) is 0.294. The predicted octanol–water partition coefficient (Wildman–Crippen LogP) is 2.76. The van der Waals surface area contributed by atoms with E-state index in [1.807, 2.05) is 15.3 Å². The van der Waals surface area contributed by atoms with Gasteiger partial charge in [0.05, 0.1) is 18.0 Å². The molecule has 0 saturated heterocycles. The van der Waals surface area contributed by atoms with Crippen LogP contribution in [-0.4, -0.2) is 26.9 Å². The van der Waals surface area contributed by atoms with E-state index in [0.717, 1.165) is 40.8 Å². The number of rotatable bonds is 3. The Hall–Kier alpha value is -2.63. The maximum absolute atomic E-state index is 13.7. The van der Waals surface area contributed by atoms with Crippen molar-refractivity contribution < 1.29 is 13.9 Å². The van der Waals surface area contributed by atoms with Gasteiger partial charge < -0.3 is 9.30 Å². The van der Waals surface area contributed by atoms with Gasteiger partial charge in [0.25, 0.3) is 0 Å². The minimum absolute atomic E-state index is 0.108. The number of aryl methyl sites for hydroxylation is 2. The summed E-state index contributed by atoms with van der Waals surface area (Å²) in [7, 11) is 0. The molecular formula is C17H16FN3O2. The summed E-state index contributed by atoms with van der Waals surface area (Å²) in [4.78, 5) is 12.0. The molecule has 0 amide bonds. The molecule has 0 N–H and O–H groups in total. The van der Waals surface area contributed by atoms with E-state index in [9.17, 15) is 9.18 Å². The lowest BCUT2D eigenvalue weighted by molar-refractivity contribution is -0.143. The monoisotopic (exact) mass is 313 g/mol. The first kappa shape index (κ1) is 14.0. The van der Waals surface area contributed by atoms with Crippen molar-refractivity contribution in [2.75, 3.05) is 6.61 Å². The van der Waals surface area contributed by atoms with Crippen molar-refractivity contribution in [3.05, 3.63) is 41.8 Å². The number of ether oxygens (including phenoxy) is 1. The fourth-order valence-electron chi connectivity index (χ4n) is 3.37. The quantitative estimate of drug-likeness (QED) is 0.699. The van der Waals surface area contributed by atoms with Crippen molar-refractivity contribution in [1.82, 2.24) is 14.3 Å². The van der Waals surface area contributed by atoms with Gasteiger partial charge >= 0.3 is 5.97 Å². The molecule has 118 valence electrons. The summed E-state index contributed by atoms with van der Waals surface area (Å²) in [6.45, 7) is 2.99. The second-order valence-electron chi connectivity index (χ2n) is 5.57. The zero-order chi connectivity index (χ0) is 16.0. The molecule has 5 nitrogen and oxygen atoms in total. The first-order valence-electron chi connectivity index (χ1n) is 7.67. The van der Waals surface area contributed by atoms with Crippen molar-refractivity contribution in [3.8, 4) is 11.4 Å². The molecule has 0 fully saturated rings. The molecule has 23 heavy (non-hydrogen) atoms. The molecule has 0 atom stereocenters. The van der Waals surface area contributed by atoms with Gasteiger partial charge in [-0.2, -0.15) is 5.10 Å². The summed E-state index contributed by atoms with van der Waals surface area (Å²) in [6.07, 6.45) is 2.51. The zero-order valence-corrected chi connectivity index (χ0v) is 12.8. The number of fused-ring (bicyclic) bond motifs is 5. The molecule has 1 aliphatic heterocycles. The molecule has 3 aromatic rings. The third-order valence-electron chi connectivity index (χ3n) is 4.26. The van der Waals surface area contributed by atoms with E-state index in [2.05, 4.69) is 5.10 Å². The molecule has 4 rings (SSSR count). The van der Waals surface area contributed by atoms with Crippen molar-refractivity contribution in [3.63, 3.8) is 0 Å². The van der Waals surface area contributed by atoms with Gasteiger partial charge in [-0.05, 0) is 43.2 Å². The molecule has 6 heteroatoms. The van der Waals surface area contributed by atoms with Gasteiger partial charge in [-0.15, -0.1) is 0 Å². The van der Waals surface area contributed by atoms with E-state index in [1.54, 1.807) is 25.3 Å². The molecular weight excluding hydrogens is 297 g/mol. The molecule has 1 aliphatic rings. The van der Waals surface area contributed by atoms with Crippen LogP contribution in [-0.2, 0) is 29.0 Å². The van der Waals surface area contributed by atoms with Gasteiger partial charge in [0.15, 0.2) is 0 Å². The van der Waals surface area contributed by atoms with Gasteiger partial charge in [-0.25, -0.2) is 4.39 Å². The van der Waals surface area contributed by atoms with Crippen LogP contribution >= 0.6 is 0 Å². The second-order valence-corrected chi connectivity index (χ2v) is 5.57. The highest BCUT2D eigenvalue weighted by molar-refractivity contribution is 5.93. The number of hydrogen-bond donors (Lipinski definition) is 0. The van der Waals surface area contributed by atoms with E-state index >= 15 is 0 Å². The molecule has 3 heterocycles. The second kappa shape index (κ2) is 5.22. The topological polar surface area (TPSA) is 49.0 Å². The number of carbonyl (C=O) groups is 1. The van der Waals surface area contributed by atoms with Crippen molar-refractivity contribution in [2.24, 2.45) is 0 Å². The summed E-state index contributed by atoms with van der Waals surface area (Å²) in [5, 5.41) is 5.17. The minimum atomic E-state index is -0.298. The summed E-state index contributed by atoms with van der Waals surface area (Å²) >= 11 is 0. The molecule has 0 saturated carbocycles. The average Bonchev–Trinajstić information content (AvgIpc) is 3.10. The SMILES string of the molecule is CCOC(=O)Cn1c2c(c3cc(F)ccc31)CCn1nccc1-2. The Kier molecular flexibility index (Phi) is 3.18. The molecule has 0 unspecified atom stereocenters. The van der Waals surface area contributed by atoms with E-state index in [4.69, 9.17) is 4.74 Å². The highest BCUT2D eigenvalue weighted by atomic mass is 19.1. The Labute approximate surface area is 132 Å². The van der Waals surface area contributed by atoms with Gasteiger partial charge in [-0.3, -0.25) is 9.48 Å². The predicted molar refractivity (Wildman–Crippen MR) is 83.5 cm³/mol. The van der Waals surface area contributed by atoms with Crippen LogP contribution in [0.15, 0.2) is 30.5 Å². The van der Waals surface area contributed by atoms with Crippen LogP contribution in [0.2, 0.25) is 0 Å². The lowest BCUT2D eigenvalue weighted by Crippen LogP contribution is -2.17. The van der Waals surface area contributed by atoms with Crippen molar-refractivity contribution in [2.45, 2.75) is 26.4 Å². The lowest BCUT2D eigenvalue weighted by atomic mass is 10.0. The van der Waals surface area contributed by atoms with Crippen LogP contribution in [0.4, 0.5) is 4.39 Å². The number of halogens is 1. The highest BCUT2D eigenvalue weighted by Crippen LogP contribution is 2.37. The van der Waals surface area contributed by atoms with Gasteiger partial charge in [0.1, 0.15) is 12.4 Å². The van der Waals surface area contributed by atoms with Crippen LogP contribution < -0.4 is 0 Å². The Morgan fingerprint density at radius 3 is 3.09 bits per heavy atom. The van der Waals surface area contributed by atoms with Gasteiger partial charge in [-0.1, -0.05) is 0 Å². The van der Waals surface area contributed by atoms with Crippen molar-refractivity contribution in [1.29, 1.82) is 0 Å². The van der Waals surface area contributed by atoms with Crippen LogP contribution in [0.5, 0.6) is 0 Å². The molecule has 1 aromatic carbocycles. The number of nitrogens with zero attached hydrogens (tertiary/aromatic N) is 3. The summed E-state index contributed by atoms with van der Waals surface area (Å²) in [5.74, 6) is -0.569. The smallest absolute Gasteiger partial charge is 0.325 e. The Morgan fingerprint density at radius 1 is 1.39 bits per heavy atom. The molecule has 0 aliphatic carbocycles. The van der Waals surface area contributed by atoms with E-state index in [0.29, 0.717) is 6.61 Å². The third kappa shape index (κ3) is 2.13. The summed E-state index contributed by atoms with van der Waals surface area (Å²) in [5.41, 5.74) is 3.80. The van der Waals surface area contributed by atoms with Gasteiger partial charge in [0, 0.05) is 23.6 Å². The van der Waals surface area contributed by atoms with E-state index in [1.165, 1.54) is 6.07 Å². The molecule has 0 radical (unpaired) electrons. The minimum Gasteiger partial charge on any atom is -0.465 e. The molecule has 2 aromatic heterocycles. The largest absolute Gasteiger partial charge is 0.465 e. The van der Waals surface area contributed by atoms with Crippen LogP contribution in [0.1, 0.15) is 12.5 Å². The Bertz CT molecular complexity index is 910. The maximum atomic E-state index is 13.7. The Balaban J connectivity index is 1.97. The first-order valence-corrected chi connectivity index (χ1v) is 7.67.